The van der Waals surface area contributed by atoms with E-state index in [0.29, 0.717) is 32.0 Å². The predicted molar refractivity (Wildman–Crippen MR) is 89.3 cm³/mol. The molecule has 0 radical (unpaired) electrons. The summed E-state index contributed by atoms with van der Waals surface area (Å²) in [5, 5.41) is -0.333. The van der Waals surface area contributed by atoms with Crippen LogP contribution in [-0.4, -0.2) is 26.9 Å². The van der Waals surface area contributed by atoms with E-state index in [0.717, 1.165) is 17.5 Å². The Kier molecular flexibility index (Phi) is 6.01. The molecule has 0 aliphatic carbocycles. The third kappa shape index (κ3) is 4.54. The first-order valence-electron chi connectivity index (χ1n) is 8.04. The highest BCUT2D eigenvalue weighted by Gasteiger charge is 2.30. The maximum Gasteiger partial charge on any atom is 0.215 e. The van der Waals surface area contributed by atoms with Crippen molar-refractivity contribution in [2.24, 2.45) is 5.92 Å². The lowest BCUT2D eigenvalue weighted by molar-refractivity contribution is 0.0980. The molecule has 1 atom stereocenters. The van der Waals surface area contributed by atoms with Crippen molar-refractivity contribution in [2.45, 2.75) is 51.3 Å². The molecular formula is C17H27NO3S. The zero-order chi connectivity index (χ0) is 16.2. The molecule has 0 bridgehead atoms. The van der Waals surface area contributed by atoms with Crippen molar-refractivity contribution >= 4 is 10.0 Å². The molecule has 1 unspecified atom stereocenters. The molecule has 0 spiro atoms. The summed E-state index contributed by atoms with van der Waals surface area (Å²) in [6.07, 6.45) is 1.96. The van der Waals surface area contributed by atoms with Crippen LogP contribution in [0.1, 0.15) is 50.3 Å². The number of ether oxygens (including phenoxy) is 1. The van der Waals surface area contributed by atoms with Gasteiger partial charge >= 0.3 is 0 Å². The molecule has 1 saturated heterocycles. The Morgan fingerprint density at radius 2 is 1.86 bits per heavy atom. The van der Waals surface area contributed by atoms with Crippen LogP contribution in [0.3, 0.4) is 0 Å². The number of benzene rings is 1. The zero-order valence-corrected chi connectivity index (χ0v) is 14.5. The van der Waals surface area contributed by atoms with Crippen LogP contribution in [0.2, 0.25) is 0 Å². The lowest BCUT2D eigenvalue weighted by Crippen LogP contribution is -2.40. The van der Waals surface area contributed by atoms with Crippen molar-refractivity contribution in [3.8, 4) is 0 Å². The van der Waals surface area contributed by atoms with E-state index in [2.05, 4.69) is 18.6 Å². The van der Waals surface area contributed by atoms with Crippen LogP contribution in [0, 0.1) is 12.8 Å². The molecule has 1 N–H and O–H groups in total. The van der Waals surface area contributed by atoms with Crippen LogP contribution in [-0.2, 0) is 14.8 Å². The van der Waals surface area contributed by atoms with Crippen molar-refractivity contribution in [3.05, 3.63) is 35.4 Å². The minimum Gasteiger partial charge on any atom is -0.381 e. The van der Waals surface area contributed by atoms with E-state index < -0.39 is 10.0 Å². The molecule has 4 nitrogen and oxygen atoms in total. The number of hydrogen-bond donors (Lipinski definition) is 1. The summed E-state index contributed by atoms with van der Waals surface area (Å²) in [6, 6.07) is 7.85. The molecule has 0 aromatic heterocycles. The highest BCUT2D eigenvalue weighted by Crippen LogP contribution is 2.27. The van der Waals surface area contributed by atoms with Crippen LogP contribution in [0.15, 0.2) is 24.3 Å². The van der Waals surface area contributed by atoms with E-state index in [4.69, 9.17) is 4.74 Å². The number of nitrogens with one attached hydrogen (secondary N) is 1. The van der Waals surface area contributed by atoms with Crippen molar-refractivity contribution in [1.29, 1.82) is 0 Å². The lowest BCUT2D eigenvalue weighted by Gasteiger charge is -2.27. The molecule has 1 aliphatic rings. The molecule has 124 valence electrons. The highest BCUT2D eigenvalue weighted by molar-refractivity contribution is 7.90. The first-order valence-corrected chi connectivity index (χ1v) is 9.59. The maximum atomic E-state index is 12.7. The summed E-state index contributed by atoms with van der Waals surface area (Å²) >= 11 is 0. The second kappa shape index (κ2) is 7.57. The largest absolute Gasteiger partial charge is 0.381 e. The molecule has 1 aliphatic heterocycles. The number of rotatable bonds is 6. The van der Waals surface area contributed by atoms with E-state index >= 15 is 0 Å². The van der Waals surface area contributed by atoms with Crippen LogP contribution in [0.25, 0.3) is 0 Å². The van der Waals surface area contributed by atoms with Gasteiger partial charge in [0.05, 0.1) is 5.25 Å². The molecule has 22 heavy (non-hydrogen) atoms. The van der Waals surface area contributed by atoms with Crippen molar-refractivity contribution in [2.75, 3.05) is 13.2 Å². The van der Waals surface area contributed by atoms with Gasteiger partial charge in [-0.25, -0.2) is 13.1 Å². The SMILES string of the molecule is Cc1ccccc1C(CC(C)C)NS(=O)(=O)C1CCOCC1. The summed E-state index contributed by atoms with van der Waals surface area (Å²) in [6.45, 7) is 7.34. The molecule has 1 aromatic rings. The monoisotopic (exact) mass is 325 g/mol. The fourth-order valence-corrected chi connectivity index (χ4v) is 4.59. The molecule has 1 heterocycles. The zero-order valence-electron chi connectivity index (χ0n) is 13.7. The lowest BCUT2D eigenvalue weighted by atomic mass is 9.95. The highest BCUT2D eigenvalue weighted by atomic mass is 32.2. The van der Waals surface area contributed by atoms with Gasteiger partial charge in [-0.1, -0.05) is 38.1 Å². The van der Waals surface area contributed by atoms with Gasteiger partial charge in [0.2, 0.25) is 10.0 Å². The molecule has 5 heteroatoms. The third-order valence-electron chi connectivity index (χ3n) is 4.18. The fourth-order valence-electron chi connectivity index (χ4n) is 2.97. The molecule has 2 rings (SSSR count). The van der Waals surface area contributed by atoms with Gasteiger partial charge in [-0.2, -0.15) is 0 Å². The quantitative estimate of drug-likeness (QED) is 0.874. The predicted octanol–water partition coefficient (Wildman–Crippen LogP) is 3.18. The van der Waals surface area contributed by atoms with Gasteiger partial charge < -0.3 is 4.74 Å². The number of sulfonamides is 1. The van der Waals surface area contributed by atoms with E-state index in [1.165, 1.54) is 0 Å². The van der Waals surface area contributed by atoms with E-state index in [1.807, 2.05) is 31.2 Å². The molecule has 0 amide bonds. The van der Waals surface area contributed by atoms with Gasteiger partial charge in [-0.3, -0.25) is 0 Å². The average molecular weight is 325 g/mol. The minimum atomic E-state index is -3.32. The Hall–Kier alpha value is -0.910. The van der Waals surface area contributed by atoms with Crippen LogP contribution >= 0.6 is 0 Å². The Morgan fingerprint density at radius 3 is 2.45 bits per heavy atom. The van der Waals surface area contributed by atoms with E-state index in [-0.39, 0.29) is 11.3 Å². The van der Waals surface area contributed by atoms with Crippen LogP contribution in [0.5, 0.6) is 0 Å². The molecule has 1 aromatic carbocycles. The summed E-state index contributed by atoms with van der Waals surface area (Å²) in [4.78, 5) is 0. The fraction of sp³-hybridized carbons (Fsp3) is 0.647. The number of aryl methyl sites for hydroxylation is 1. The normalized spacial score (nSPS) is 18.5. The first-order chi connectivity index (χ1) is 10.4. The summed E-state index contributed by atoms with van der Waals surface area (Å²) < 4.78 is 33.6. The van der Waals surface area contributed by atoms with Crippen molar-refractivity contribution in [1.82, 2.24) is 4.72 Å². The van der Waals surface area contributed by atoms with Crippen LogP contribution in [0.4, 0.5) is 0 Å². The van der Waals surface area contributed by atoms with E-state index in [9.17, 15) is 8.42 Å². The van der Waals surface area contributed by atoms with Gasteiger partial charge in [0.1, 0.15) is 0 Å². The van der Waals surface area contributed by atoms with Gasteiger partial charge in [0.15, 0.2) is 0 Å². The van der Waals surface area contributed by atoms with Gasteiger partial charge in [-0.05, 0) is 43.2 Å². The molecular weight excluding hydrogens is 298 g/mol. The molecule has 0 saturated carbocycles. The second-order valence-electron chi connectivity index (χ2n) is 6.51. The van der Waals surface area contributed by atoms with Crippen molar-refractivity contribution in [3.63, 3.8) is 0 Å². The summed E-state index contributed by atoms with van der Waals surface area (Å²) in [5.74, 6) is 0.419. The second-order valence-corrected chi connectivity index (χ2v) is 8.51. The van der Waals surface area contributed by atoms with E-state index in [1.54, 1.807) is 0 Å². The van der Waals surface area contributed by atoms with Gasteiger partial charge in [0, 0.05) is 19.3 Å². The van der Waals surface area contributed by atoms with Gasteiger partial charge in [-0.15, -0.1) is 0 Å². The smallest absolute Gasteiger partial charge is 0.215 e. The summed E-state index contributed by atoms with van der Waals surface area (Å²) in [7, 11) is -3.32. The first kappa shape index (κ1) is 17.4. The minimum absolute atomic E-state index is 0.158. The van der Waals surface area contributed by atoms with Crippen LogP contribution < -0.4 is 4.72 Å². The third-order valence-corrected chi connectivity index (χ3v) is 6.15. The Morgan fingerprint density at radius 1 is 1.23 bits per heavy atom. The topological polar surface area (TPSA) is 55.4 Å². The number of hydrogen-bond acceptors (Lipinski definition) is 3. The summed E-state index contributed by atoms with van der Waals surface area (Å²) in [5.41, 5.74) is 2.20. The average Bonchev–Trinajstić information content (AvgIpc) is 2.47. The standard InChI is InChI=1S/C17H27NO3S/c1-13(2)12-17(16-7-5-4-6-14(16)3)18-22(19,20)15-8-10-21-11-9-15/h4-7,13,15,17-18H,8-12H2,1-3H3. The molecule has 1 fully saturated rings. The Balaban J connectivity index is 2.21. The maximum absolute atomic E-state index is 12.7. The van der Waals surface area contributed by atoms with Gasteiger partial charge in [0.25, 0.3) is 0 Å². The van der Waals surface area contributed by atoms with Crippen molar-refractivity contribution < 1.29 is 13.2 Å². The Labute approximate surface area is 134 Å². The Bertz CT molecular complexity index is 577.